The molecule has 0 aliphatic carbocycles. The van der Waals surface area contributed by atoms with E-state index in [-0.39, 0.29) is 17.9 Å². The van der Waals surface area contributed by atoms with Gasteiger partial charge in [0.25, 0.3) is 0 Å². The van der Waals surface area contributed by atoms with Crippen molar-refractivity contribution in [2.75, 3.05) is 0 Å². The number of amides is 1. The SMILES string of the molecule is CCC[C@@H](C(=O)NC(C)C)c1ccccc1. The minimum absolute atomic E-state index is 0.00593. The Morgan fingerprint density at radius 3 is 2.38 bits per heavy atom. The lowest BCUT2D eigenvalue weighted by atomic mass is 9.93. The number of hydrogen-bond acceptors (Lipinski definition) is 1. The molecule has 1 amide bonds. The predicted molar refractivity (Wildman–Crippen MR) is 67.4 cm³/mol. The molecule has 0 radical (unpaired) electrons. The average Bonchev–Trinajstić information content (AvgIpc) is 2.26. The number of carbonyl (C=O) groups excluding carboxylic acids is 1. The number of hydrogen-bond donors (Lipinski definition) is 1. The summed E-state index contributed by atoms with van der Waals surface area (Å²) in [4.78, 5) is 12.0. The normalized spacial score (nSPS) is 12.5. The largest absolute Gasteiger partial charge is 0.353 e. The first-order valence-electron chi connectivity index (χ1n) is 6.00. The molecule has 1 aromatic carbocycles. The number of benzene rings is 1. The molecule has 1 rings (SSSR count). The zero-order chi connectivity index (χ0) is 12.0. The van der Waals surface area contributed by atoms with Crippen LogP contribution in [-0.2, 0) is 4.79 Å². The minimum atomic E-state index is -0.00593. The summed E-state index contributed by atoms with van der Waals surface area (Å²) in [5.41, 5.74) is 1.11. The Morgan fingerprint density at radius 1 is 1.25 bits per heavy atom. The first-order valence-corrected chi connectivity index (χ1v) is 6.00. The second-order valence-electron chi connectivity index (χ2n) is 4.42. The fourth-order valence-electron chi connectivity index (χ4n) is 1.81. The maximum atomic E-state index is 12.0. The van der Waals surface area contributed by atoms with E-state index in [1.54, 1.807) is 0 Å². The molecule has 2 heteroatoms. The van der Waals surface area contributed by atoms with E-state index in [1.807, 2.05) is 44.2 Å². The predicted octanol–water partition coefficient (Wildman–Crippen LogP) is 3.09. The molecule has 0 fully saturated rings. The van der Waals surface area contributed by atoms with E-state index in [1.165, 1.54) is 0 Å². The van der Waals surface area contributed by atoms with Gasteiger partial charge in [-0.3, -0.25) is 4.79 Å². The van der Waals surface area contributed by atoms with Crippen molar-refractivity contribution in [1.29, 1.82) is 0 Å². The Balaban J connectivity index is 2.79. The highest BCUT2D eigenvalue weighted by Crippen LogP contribution is 2.21. The Bertz CT molecular complexity index is 319. The molecule has 0 aromatic heterocycles. The summed E-state index contributed by atoms with van der Waals surface area (Å²) >= 11 is 0. The second-order valence-corrected chi connectivity index (χ2v) is 4.42. The van der Waals surface area contributed by atoms with Crippen LogP contribution in [0, 0.1) is 0 Å². The Morgan fingerprint density at radius 2 is 1.88 bits per heavy atom. The summed E-state index contributed by atoms with van der Waals surface area (Å²) in [5.74, 6) is 0.136. The number of carbonyl (C=O) groups is 1. The van der Waals surface area contributed by atoms with Crippen LogP contribution in [0.25, 0.3) is 0 Å². The Kier molecular flexibility index (Phi) is 5.03. The van der Waals surface area contributed by atoms with Gasteiger partial charge >= 0.3 is 0 Å². The highest BCUT2D eigenvalue weighted by atomic mass is 16.1. The van der Waals surface area contributed by atoms with Gasteiger partial charge in [0, 0.05) is 6.04 Å². The highest BCUT2D eigenvalue weighted by Gasteiger charge is 2.19. The molecule has 1 aromatic rings. The second kappa shape index (κ2) is 6.31. The molecule has 0 aliphatic rings. The molecular formula is C14H21NO. The number of rotatable bonds is 5. The fourth-order valence-corrected chi connectivity index (χ4v) is 1.81. The van der Waals surface area contributed by atoms with Crippen molar-refractivity contribution in [3.63, 3.8) is 0 Å². The Labute approximate surface area is 98.1 Å². The van der Waals surface area contributed by atoms with E-state index < -0.39 is 0 Å². The van der Waals surface area contributed by atoms with Gasteiger partial charge in [-0.1, -0.05) is 43.7 Å². The van der Waals surface area contributed by atoms with Crippen molar-refractivity contribution in [3.8, 4) is 0 Å². The van der Waals surface area contributed by atoms with Gasteiger partial charge in [-0.2, -0.15) is 0 Å². The molecule has 0 saturated heterocycles. The van der Waals surface area contributed by atoms with Crippen LogP contribution in [0.15, 0.2) is 30.3 Å². The molecule has 1 atom stereocenters. The summed E-state index contributed by atoms with van der Waals surface area (Å²) in [7, 11) is 0. The van der Waals surface area contributed by atoms with Crippen LogP contribution >= 0.6 is 0 Å². The molecule has 0 aliphatic heterocycles. The van der Waals surface area contributed by atoms with Crippen molar-refractivity contribution >= 4 is 5.91 Å². The third kappa shape index (κ3) is 3.69. The van der Waals surface area contributed by atoms with Gasteiger partial charge in [0.1, 0.15) is 0 Å². The fraction of sp³-hybridized carbons (Fsp3) is 0.500. The first kappa shape index (κ1) is 12.8. The molecule has 1 N–H and O–H groups in total. The van der Waals surface area contributed by atoms with Crippen molar-refractivity contribution in [3.05, 3.63) is 35.9 Å². The maximum absolute atomic E-state index is 12.0. The van der Waals surface area contributed by atoms with Crippen molar-refractivity contribution in [2.45, 2.75) is 45.6 Å². The van der Waals surface area contributed by atoms with Crippen LogP contribution in [0.2, 0.25) is 0 Å². The van der Waals surface area contributed by atoms with E-state index >= 15 is 0 Å². The van der Waals surface area contributed by atoms with Crippen molar-refractivity contribution < 1.29 is 4.79 Å². The van der Waals surface area contributed by atoms with Crippen molar-refractivity contribution in [2.24, 2.45) is 0 Å². The third-order valence-electron chi connectivity index (χ3n) is 2.53. The van der Waals surface area contributed by atoms with Crippen molar-refractivity contribution in [1.82, 2.24) is 5.32 Å². The smallest absolute Gasteiger partial charge is 0.227 e. The van der Waals surface area contributed by atoms with E-state index in [4.69, 9.17) is 0 Å². The zero-order valence-corrected chi connectivity index (χ0v) is 10.4. The molecule has 0 saturated carbocycles. The third-order valence-corrected chi connectivity index (χ3v) is 2.53. The van der Waals surface area contributed by atoms with E-state index in [0.717, 1.165) is 18.4 Å². The maximum Gasteiger partial charge on any atom is 0.227 e. The molecular weight excluding hydrogens is 198 g/mol. The monoisotopic (exact) mass is 219 g/mol. The van der Waals surface area contributed by atoms with Crippen LogP contribution < -0.4 is 5.32 Å². The molecule has 0 bridgehead atoms. The molecule has 0 spiro atoms. The molecule has 0 heterocycles. The Hall–Kier alpha value is -1.31. The van der Waals surface area contributed by atoms with Gasteiger partial charge in [-0.15, -0.1) is 0 Å². The molecule has 16 heavy (non-hydrogen) atoms. The summed E-state index contributed by atoms with van der Waals surface area (Å²) in [6.07, 6.45) is 1.92. The van der Waals surface area contributed by atoms with E-state index in [2.05, 4.69) is 12.2 Å². The van der Waals surface area contributed by atoms with Gasteiger partial charge in [0.15, 0.2) is 0 Å². The lowest BCUT2D eigenvalue weighted by molar-refractivity contribution is -0.123. The van der Waals surface area contributed by atoms with Crippen LogP contribution in [-0.4, -0.2) is 11.9 Å². The topological polar surface area (TPSA) is 29.1 Å². The van der Waals surface area contributed by atoms with Crippen LogP contribution in [0.5, 0.6) is 0 Å². The zero-order valence-electron chi connectivity index (χ0n) is 10.4. The molecule has 88 valence electrons. The van der Waals surface area contributed by atoms with Gasteiger partial charge in [0.2, 0.25) is 5.91 Å². The number of nitrogens with one attached hydrogen (secondary N) is 1. The molecule has 2 nitrogen and oxygen atoms in total. The summed E-state index contributed by atoms with van der Waals surface area (Å²) in [6.45, 7) is 6.09. The summed E-state index contributed by atoms with van der Waals surface area (Å²) in [5, 5.41) is 2.99. The summed E-state index contributed by atoms with van der Waals surface area (Å²) < 4.78 is 0. The van der Waals surface area contributed by atoms with Gasteiger partial charge in [0.05, 0.1) is 5.92 Å². The van der Waals surface area contributed by atoms with E-state index in [9.17, 15) is 4.79 Å². The highest BCUT2D eigenvalue weighted by molar-refractivity contribution is 5.83. The van der Waals surface area contributed by atoms with Gasteiger partial charge in [-0.25, -0.2) is 0 Å². The van der Waals surface area contributed by atoms with Crippen LogP contribution in [0.3, 0.4) is 0 Å². The standard InChI is InChI=1S/C14H21NO/c1-4-8-13(14(16)15-11(2)3)12-9-6-5-7-10-12/h5-7,9-11,13H,4,8H2,1-3H3,(H,15,16)/t13-/m1/s1. The van der Waals surface area contributed by atoms with Crippen LogP contribution in [0.4, 0.5) is 0 Å². The minimum Gasteiger partial charge on any atom is -0.353 e. The van der Waals surface area contributed by atoms with Crippen LogP contribution in [0.1, 0.15) is 45.1 Å². The quantitative estimate of drug-likeness (QED) is 0.810. The average molecular weight is 219 g/mol. The lowest BCUT2D eigenvalue weighted by Crippen LogP contribution is -2.34. The first-order chi connectivity index (χ1) is 7.65. The lowest BCUT2D eigenvalue weighted by Gasteiger charge is -2.18. The molecule has 0 unspecified atom stereocenters. The van der Waals surface area contributed by atoms with Gasteiger partial charge in [-0.05, 0) is 25.8 Å². The summed E-state index contributed by atoms with van der Waals surface area (Å²) in [6, 6.07) is 10.2. The van der Waals surface area contributed by atoms with Gasteiger partial charge < -0.3 is 5.32 Å². The van der Waals surface area contributed by atoms with E-state index in [0.29, 0.717) is 0 Å².